The SMILES string of the molecule is CNCC1CCC(F)(F)CN1C(=O)c1nc(C)sc1-c1ccc(F)cc1. The van der Waals surface area contributed by atoms with Crippen LogP contribution < -0.4 is 5.32 Å². The van der Waals surface area contributed by atoms with Gasteiger partial charge in [-0.25, -0.2) is 18.2 Å². The first-order valence-corrected chi connectivity index (χ1v) is 9.19. The van der Waals surface area contributed by atoms with Crippen molar-refractivity contribution in [2.24, 2.45) is 0 Å². The molecular formula is C18H20F3N3OS. The standard InChI is InChI=1S/C18H20F3N3OS/c1-11-23-15(16(26-11)12-3-5-13(19)6-4-12)17(25)24-10-18(20,21)8-7-14(24)9-22-2/h3-6,14,22H,7-10H2,1-2H3. The zero-order chi connectivity index (χ0) is 18.9. The van der Waals surface area contributed by atoms with E-state index in [1.54, 1.807) is 26.1 Å². The summed E-state index contributed by atoms with van der Waals surface area (Å²) in [6.07, 6.45) is -0.00137. The lowest BCUT2D eigenvalue weighted by atomic mass is 9.98. The molecule has 1 N–H and O–H groups in total. The number of amides is 1. The van der Waals surface area contributed by atoms with Gasteiger partial charge in [0, 0.05) is 19.0 Å². The lowest BCUT2D eigenvalue weighted by molar-refractivity contribution is -0.0715. The van der Waals surface area contributed by atoms with Crippen molar-refractivity contribution in [1.29, 1.82) is 0 Å². The number of likely N-dealkylation sites (N-methyl/N-ethyl adjacent to an activating group) is 1. The molecule has 1 aromatic carbocycles. The maximum Gasteiger partial charge on any atom is 0.274 e. The van der Waals surface area contributed by atoms with Crippen molar-refractivity contribution in [3.8, 4) is 10.4 Å². The van der Waals surface area contributed by atoms with Crippen LogP contribution in [0.25, 0.3) is 10.4 Å². The number of thiazole rings is 1. The maximum absolute atomic E-state index is 13.9. The Labute approximate surface area is 154 Å². The molecule has 0 aliphatic carbocycles. The quantitative estimate of drug-likeness (QED) is 0.875. The van der Waals surface area contributed by atoms with Gasteiger partial charge in [-0.3, -0.25) is 4.79 Å². The molecule has 0 spiro atoms. The van der Waals surface area contributed by atoms with E-state index in [0.717, 1.165) is 0 Å². The zero-order valence-electron chi connectivity index (χ0n) is 14.6. The highest BCUT2D eigenvalue weighted by atomic mass is 32.1. The molecule has 2 heterocycles. The molecule has 1 fully saturated rings. The van der Waals surface area contributed by atoms with Crippen molar-refractivity contribution >= 4 is 17.2 Å². The van der Waals surface area contributed by atoms with E-state index >= 15 is 0 Å². The third kappa shape index (κ3) is 3.91. The summed E-state index contributed by atoms with van der Waals surface area (Å²) in [5.41, 5.74) is 0.798. The minimum Gasteiger partial charge on any atom is -0.327 e. The molecular weight excluding hydrogens is 363 g/mol. The van der Waals surface area contributed by atoms with Crippen molar-refractivity contribution in [1.82, 2.24) is 15.2 Å². The maximum atomic E-state index is 13.9. The first kappa shape index (κ1) is 18.8. The van der Waals surface area contributed by atoms with E-state index in [9.17, 15) is 18.0 Å². The Morgan fingerprint density at radius 2 is 2.08 bits per heavy atom. The number of hydrogen-bond donors (Lipinski definition) is 1. The van der Waals surface area contributed by atoms with Crippen molar-refractivity contribution < 1.29 is 18.0 Å². The van der Waals surface area contributed by atoms with Gasteiger partial charge in [-0.2, -0.15) is 0 Å². The molecule has 8 heteroatoms. The fraction of sp³-hybridized carbons (Fsp3) is 0.444. The van der Waals surface area contributed by atoms with Gasteiger partial charge in [-0.15, -0.1) is 11.3 Å². The number of piperidine rings is 1. The fourth-order valence-corrected chi connectivity index (χ4v) is 4.10. The van der Waals surface area contributed by atoms with Crippen LogP contribution in [0.1, 0.15) is 28.3 Å². The van der Waals surface area contributed by atoms with E-state index in [0.29, 0.717) is 22.0 Å². The highest BCUT2D eigenvalue weighted by Crippen LogP contribution is 2.35. The van der Waals surface area contributed by atoms with Gasteiger partial charge in [0.05, 0.1) is 16.4 Å². The van der Waals surface area contributed by atoms with Gasteiger partial charge in [0.25, 0.3) is 11.8 Å². The molecule has 1 aliphatic rings. The second-order valence-electron chi connectivity index (χ2n) is 6.46. The smallest absolute Gasteiger partial charge is 0.274 e. The number of halogens is 3. The lowest BCUT2D eigenvalue weighted by Crippen LogP contribution is -2.54. The normalized spacial score (nSPS) is 19.6. The Morgan fingerprint density at radius 1 is 1.38 bits per heavy atom. The van der Waals surface area contributed by atoms with E-state index < -0.39 is 18.4 Å². The first-order chi connectivity index (χ1) is 12.3. The van der Waals surface area contributed by atoms with Crippen LogP contribution in [0.5, 0.6) is 0 Å². The number of aryl methyl sites for hydroxylation is 1. The van der Waals surface area contributed by atoms with Crippen molar-refractivity contribution in [2.75, 3.05) is 20.1 Å². The molecule has 0 saturated carbocycles. The Hall–Kier alpha value is -1.93. The molecule has 0 bridgehead atoms. The van der Waals surface area contributed by atoms with Crippen molar-refractivity contribution in [3.63, 3.8) is 0 Å². The predicted octanol–water partition coefficient (Wildman–Crippen LogP) is 3.72. The van der Waals surface area contributed by atoms with Crippen molar-refractivity contribution in [3.05, 3.63) is 40.8 Å². The second-order valence-corrected chi connectivity index (χ2v) is 7.66. The Balaban J connectivity index is 1.97. The third-order valence-electron chi connectivity index (χ3n) is 4.43. The van der Waals surface area contributed by atoms with Gasteiger partial charge in [0.1, 0.15) is 11.5 Å². The van der Waals surface area contributed by atoms with E-state index in [2.05, 4.69) is 10.3 Å². The summed E-state index contributed by atoms with van der Waals surface area (Å²) in [5, 5.41) is 3.61. The summed E-state index contributed by atoms with van der Waals surface area (Å²) in [5.74, 6) is -3.79. The van der Waals surface area contributed by atoms with Crippen LogP contribution in [0, 0.1) is 12.7 Å². The number of nitrogens with zero attached hydrogens (tertiary/aromatic N) is 2. The molecule has 1 amide bonds. The second kappa shape index (κ2) is 7.36. The van der Waals surface area contributed by atoms with Crippen LogP contribution in [0.2, 0.25) is 0 Å². The van der Waals surface area contributed by atoms with Crippen LogP contribution >= 0.6 is 11.3 Å². The number of carbonyl (C=O) groups excluding carboxylic acids is 1. The molecule has 1 saturated heterocycles. The van der Waals surface area contributed by atoms with Crippen molar-refractivity contribution in [2.45, 2.75) is 31.7 Å². The molecule has 1 aromatic heterocycles. The van der Waals surface area contributed by atoms with Gasteiger partial charge < -0.3 is 10.2 Å². The Kier molecular flexibility index (Phi) is 5.34. The summed E-state index contributed by atoms with van der Waals surface area (Å²) in [6.45, 7) is 1.58. The number of carbonyl (C=O) groups is 1. The minimum atomic E-state index is -2.90. The number of benzene rings is 1. The van der Waals surface area contributed by atoms with E-state index in [1.807, 2.05) is 0 Å². The van der Waals surface area contributed by atoms with Gasteiger partial charge in [-0.1, -0.05) is 12.1 Å². The van der Waals surface area contributed by atoms with Gasteiger partial charge in [-0.05, 0) is 38.1 Å². The zero-order valence-corrected chi connectivity index (χ0v) is 15.4. The molecule has 1 atom stereocenters. The topological polar surface area (TPSA) is 45.2 Å². The summed E-state index contributed by atoms with van der Waals surface area (Å²) in [4.78, 5) is 19.2. The molecule has 2 aromatic rings. The summed E-state index contributed by atoms with van der Waals surface area (Å²) >= 11 is 1.30. The predicted molar refractivity (Wildman–Crippen MR) is 95.2 cm³/mol. The highest BCUT2D eigenvalue weighted by Gasteiger charge is 2.43. The average Bonchev–Trinajstić information content (AvgIpc) is 2.98. The monoisotopic (exact) mass is 383 g/mol. The number of aromatic nitrogens is 1. The number of nitrogens with one attached hydrogen (secondary N) is 1. The minimum absolute atomic E-state index is 0.151. The van der Waals surface area contributed by atoms with Crippen LogP contribution in [0.3, 0.4) is 0 Å². The Morgan fingerprint density at radius 3 is 2.73 bits per heavy atom. The largest absolute Gasteiger partial charge is 0.327 e. The molecule has 26 heavy (non-hydrogen) atoms. The van der Waals surface area contributed by atoms with E-state index in [-0.39, 0.29) is 30.4 Å². The average molecular weight is 383 g/mol. The number of hydrogen-bond acceptors (Lipinski definition) is 4. The number of rotatable bonds is 4. The van der Waals surface area contributed by atoms with Gasteiger partial charge in [0.2, 0.25) is 0 Å². The van der Waals surface area contributed by atoms with Gasteiger partial charge in [0.15, 0.2) is 0 Å². The van der Waals surface area contributed by atoms with Gasteiger partial charge >= 0.3 is 0 Å². The van der Waals surface area contributed by atoms with Crippen LogP contribution in [-0.4, -0.2) is 47.9 Å². The highest BCUT2D eigenvalue weighted by molar-refractivity contribution is 7.15. The molecule has 3 rings (SSSR count). The fourth-order valence-electron chi connectivity index (χ4n) is 3.18. The summed E-state index contributed by atoms with van der Waals surface area (Å²) in [7, 11) is 1.73. The molecule has 1 unspecified atom stereocenters. The summed E-state index contributed by atoms with van der Waals surface area (Å²) < 4.78 is 41.1. The van der Waals surface area contributed by atoms with Crippen LogP contribution in [0.4, 0.5) is 13.2 Å². The number of likely N-dealkylation sites (tertiary alicyclic amines) is 1. The summed E-state index contributed by atoms with van der Waals surface area (Å²) in [6, 6.07) is 5.43. The molecule has 1 aliphatic heterocycles. The van der Waals surface area contributed by atoms with E-state index in [1.165, 1.54) is 28.4 Å². The molecule has 140 valence electrons. The molecule has 4 nitrogen and oxygen atoms in total. The van der Waals surface area contributed by atoms with Crippen LogP contribution in [-0.2, 0) is 0 Å². The first-order valence-electron chi connectivity index (χ1n) is 8.37. The third-order valence-corrected chi connectivity index (χ3v) is 5.45. The Bertz CT molecular complexity index is 791. The molecule has 0 radical (unpaired) electrons. The lowest BCUT2D eigenvalue weighted by Gasteiger charge is -2.39. The number of alkyl halides is 2. The van der Waals surface area contributed by atoms with Crippen LogP contribution in [0.15, 0.2) is 24.3 Å². The van der Waals surface area contributed by atoms with E-state index in [4.69, 9.17) is 0 Å².